The van der Waals surface area contributed by atoms with Crippen molar-refractivity contribution < 1.29 is 4.74 Å². The molecule has 2 aromatic rings. The predicted octanol–water partition coefficient (Wildman–Crippen LogP) is 4.07. The Morgan fingerprint density at radius 2 is 2.12 bits per heavy atom. The zero-order valence-corrected chi connectivity index (χ0v) is 14.3. The van der Waals surface area contributed by atoms with Crippen molar-refractivity contribution in [3.63, 3.8) is 0 Å². The molecule has 90 valence electrons. The van der Waals surface area contributed by atoms with E-state index in [2.05, 4.69) is 59.5 Å². The molecule has 1 heterocycles. The molecule has 0 aliphatic carbocycles. The van der Waals surface area contributed by atoms with Gasteiger partial charge in [0.25, 0.3) is 0 Å². The first-order valence-corrected chi connectivity index (χ1v) is 7.47. The zero-order chi connectivity index (χ0) is 12.4. The third-order valence-electron chi connectivity index (χ3n) is 2.26. The first-order valence-electron chi connectivity index (χ1n) is 4.81. The molecule has 0 radical (unpaired) electrons. The maximum Gasteiger partial charge on any atom is 0.137 e. The number of rotatable bonds is 3. The summed E-state index contributed by atoms with van der Waals surface area (Å²) in [6.45, 7) is 0.708. The van der Waals surface area contributed by atoms with Crippen molar-refractivity contribution in [1.82, 2.24) is 9.78 Å². The minimum atomic E-state index is 0.708. The number of hydrogen-bond acceptors (Lipinski definition) is 2. The highest BCUT2D eigenvalue weighted by Gasteiger charge is 2.07. The second kappa shape index (κ2) is 5.71. The summed E-state index contributed by atoms with van der Waals surface area (Å²) >= 11 is 9.18. The summed E-state index contributed by atoms with van der Waals surface area (Å²) in [5.74, 6) is 0.851. The first kappa shape index (κ1) is 13.4. The molecule has 0 bridgehead atoms. The molecule has 1 aromatic carbocycles. The second-order valence-corrected chi connectivity index (χ2v) is 6.15. The van der Waals surface area contributed by atoms with Crippen LogP contribution in [0.2, 0.25) is 0 Å². The van der Waals surface area contributed by atoms with Crippen LogP contribution in [0, 0.1) is 3.70 Å². The molecule has 0 aliphatic rings. The minimum Gasteiger partial charge on any atom is -0.497 e. The molecule has 0 atom stereocenters. The van der Waals surface area contributed by atoms with Gasteiger partial charge in [-0.2, -0.15) is 5.10 Å². The molecule has 1 aromatic heterocycles. The molecule has 17 heavy (non-hydrogen) atoms. The average Bonchev–Trinajstić information content (AvgIpc) is 2.61. The lowest BCUT2D eigenvalue weighted by Crippen LogP contribution is -2.01. The average molecular weight is 472 g/mol. The largest absolute Gasteiger partial charge is 0.497 e. The topological polar surface area (TPSA) is 27.1 Å². The summed E-state index contributed by atoms with van der Waals surface area (Å²) in [7, 11) is 1.67. The molecule has 3 nitrogen and oxygen atoms in total. The van der Waals surface area contributed by atoms with E-state index in [0.29, 0.717) is 6.54 Å². The van der Waals surface area contributed by atoms with Crippen molar-refractivity contribution in [2.45, 2.75) is 6.54 Å². The highest BCUT2D eigenvalue weighted by Crippen LogP contribution is 2.24. The van der Waals surface area contributed by atoms with E-state index in [-0.39, 0.29) is 0 Å². The van der Waals surface area contributed by atoms with Crippen LogP contribution in [0.4, 0.5) is 0 Å². The fraction of sp³-hybridized carbons (Fsp3) is 0.182. The van der Waals surface area contributed by atoms with Gasteiger partial charge < -0.3 is 4.74 Å². The van der Waals surface area contributed by atoms with Gasteiger partial charge in [-0.15, -0.1) is 0 Å². The summed E-state index contributed by atoms with van der Waals surface area (Å²) in [5.41, 5.74) is 1.13. The minimum absolute atomic E-state index is 0.708. The van der Waals surface area contributed by atoms with Gasteiger partial charge in [0.15, 0.2) is 0 Å². The van der Waals surface area contributed by atoms with Crippen LogP contribution in [0.15, 0.2) is 33.3 Å². The van der Waals surface area contributed by atoms with Crippen molar-refractivity contribution in [2.24, 2.45) is 0 Å². The van der Waals surface area contributed by atoms with E-state index in [9.17, 15) is 0 Å². The van der Waals surface area contributed by atoms with Gasteiger partial charge in [-0.05, 0) is 62.3 Å². The quantitative estimate of drug-likeness (QED) is 0.631. The van der Waals surface area contributed by atoms with Crippen molar-refractivity contribution in [3.05, 3.63) is 42.6 Å². The van der Waals surface area contributed by atoms with E-state index >= 15 is 0 Å². The van der Waals surface area contributed by atoms with E-state index in [0.717, 1.165) is 24.0 Å². The van der Waals surface area contributed by atoms with Crippen LogP contribution in [0.3, 0.4) is 0 Å². The molecule has 0 spiro atoms. The second-order valence-electron chi connectivity index (χ2n) is 3.42. The normalized spacial score (nSPS) is 10.6. The summed E-state index contributed by atoms with van der Waals surface area (Å²) in [6.07, 6.45) is 1.97. The predicted molar refractivity (Wildman–Crippen MR) is 82.4 cm³/mol. The molecule has 0 amide bonds. The van der Waals surface area contributed by atoms with E-state index < -0.39 is 0 Å². The maximum absolute atomic E-state index is 5.22. The van der Waals surface area contributed by atoms with Gasteiger partial charge in [0.05, 0.1) is 18.1 Å². The number of halogens is 3. The summed E-state index contributed by atoms with van der Waals surface area (Å²) in [6, 6.07) is 5.92. The van der Waals surface area contributed by atoms with Crippen molar-refractivity contribution in [2.75, 3.05) is 7.11 Å². The first-order chi connectivity index (χ1) is 8.10. The van der Waals surface area contributed by atoms with E-state index in [1.54, 1.807) is 7.11 Å². The standard InChI is InChI=1S/C11H9Br2IN2O/c1-17-8-2-3-9(12)7(4-8)5-16-6-10(13)11(14)15-16/h2-4,6H,5H2,1H3. The van der Waals surface area contributed by atoms with Gasteiger partial charge in [0.1, 0.15) is 9.45 Å². The lowest BCUT2D eigenvalue weighted by atomic mass is 10.2. The van der Waals surface area contributed by atoms with Crippen molar-refractivity contribution in [3.8, 4) is 5.75 Å². The number of hydrogen-bond donors (Lipinski definition) is 0. The van der Waals surface area contributed by atoms with Crippen LogP contribution in [0.25, 0.3) is 0 Å². The number of ether oxygens (including phenoxy) is 1. The Hall–Kier alpha value is -0.0800. The van der Waals surface area contributed by atoms with Crippen LogP contribution in [-0.2, 0) is 6.54 Å². The Morgan fingerprint density at radius 3 is 2.71 bits per heavy atom. The summed E-state index contributed by atoms with van der Waals surface area (Å²) in [5, 5.41) is 4.40. The molecule has 0 N–H and O–H groups in total. The molecule has 6 heteroatoms. The van der Waals surface area contributed by atoms with E-state index in [1.165, 1.54) is 0 Å². The van der Waals surface area contributed by atoms with Crippen LogP contribution >= 0.6 is 54.5 Å². The van der Waals surface area contributed by atoms with Crippen LogP contribution < -0.4 is 4.74 Å². The third kappa shape index (κ3) is 3.23. The molecule has 0 unspecified atom stereocenters. The third-order valence-corrected chi connectivity index (χ3v) is 5.15. The Labute approximate surface area is 130 Å². The highest BCUT2D eigenvalue weighted by molar-refractivity contribution is 14.1. The smallest absolute Gasteiger partial charge is 0.137 e. The molecule has 0 aliphatic heterocycles. The number of aromatic nitrogens is 2. The Balaban J connectivity index is 2.28. The summed E-state index contributed by atoms with van der Waals surface area (Å²) < 4.78 is 10.1. The van der Waals surface area contributed by atoms with Gasteiger partial charge >= 0.3 is 0 Å². The molecule has 2 rings (SSSR count). The molecular weight excluding hydrogens is 463 g/mol. The highest BCUT2D eigenvalue weighted by atomic mass is 127. The van der Waals surface area contributed by atoms with Gasteiger partial charge in [-0.1, -0.05) is 15.9 Å². The Morgan fingerprint density at radius 1 is 1.35 bits per heavy atom. The fourth-order valence-electron chi connectivity index (χ4n) is 1.43. The number of benzene rings is 1. The van der Waals surface area contributed by atoms with Crippen molar-refractivity contribution >= 4 is 54.5 Å². The van der Waals surface area contributed by atoms with Gasteiger partial charge in [0, 0.05) is 10.7 Å². The molecule has 0 saturated carbocycles. The van der Waals surface area contributed by atoms with Crippen molar-refractivity contribution in [1.29, 1.82) is 0 Å². The van der Waals surface area contributed by atoms with Crippen LogP contribution in [0.1, 0.15) is 5.56 Å². The zero-order valence-electron chi connectivity index (χ0n) is 8.95. The Bertz CT molecular complexity index is 523. The molecular formula is C11H9Br2IN2O. The SMILES string of the molecule is COc1ccc(Br)c(Cn2cc(Br)c(I)n2)c1. The number of nitrogens with zero attached hydrogens (tertiary/aromatic N) is 2. The fourth-order valence-corrected chi connectivity index (χ4v) is 2.53. The van der Waals surface area contributed by atoms with Crippen LogP contribution in [-0.4, -0.2) is 16.9 Å². The van der Waals surface area contributed by atoms with Gasteiger partial charge in [-0.3, -0.25) is 4.68 Å². The summed E-state index contributed by atoms with van der Waals surface area (Å²) in [4.78, 5) is 0. The molecule has 0 saturated heterocycles. The van der Waals surface area contributed by atoms with Gasteiger partial charge in [-0.25, -0.2) is 0 Å². The maximum atomic E-state index is 5.22. The monoisotopic (exact) mass is 470 g/mol. The van der Waals surface area contributed by atoms with E-state index in [4.69, 9.17) is 4.74 Å². The van der Waals surface area contributed by atoms with Crippen LogP contribution in [0.5, 0.6) is 5.75 Å². The van der Waals surface area contributed by atoms with Gasteiger partial charge in [0.2, 0.25) is 0 Å². The number of methoxy groups -OCH3 is 1. The van der Waals surface area contributed by atoms with E-state index in [1.807, 2.05) is 29.1 Å². The lowest BCUT2D eigenvalue weighted by Gasteiger charge is -2.07. The Kier molecular flexibility index (Phi) is 4.48. The molecule has 0 fully saturated rings. The lowest BCUT2D eigenvalue weighted by molar-refractivity contribution is 0.414.